The molecule has 0 radical (unpaired) electrons. The summed E-state index contributed by atoms with van der Waals surface area (Å²) in [6.45, 7) is 0. The van der Waals surface area contributed by atoms with E-state index >= 15 is 0 Å². The molecule has 0 fully saturated rings. The highest BCUT2D eigenvalue weighted by Gasteiger charge is 2.16. The third-order valence-electron chi connectivity index (χ3n) is 2.48. The molecule has 4 N–H and O–H groups in total. The van der Waals surface area contributed by atoms with Crippen LogP contribution in [-0.4, -0.2) is 16.1 Å². The first-order valence-corrected chi connectivity index (χ1v) is 4.82. The fourth-order valence-corrected chi connectivity index (χ4v) is 1.76. The minimum atomic E-state index is -1.00. The molecule has 0 saturated carbocycles. The van der Waals surface area contributed by atoms with E-state index in [-0.39, 0.29) is 6.42 Å². The Balaban J connectivity index is 2.48. The number of aromatic amines is 1. The van der Waals surface area contributed by atoms with E-state index in [9.17, 15) is 9.18 Å². The van der Waals surface area contributed by atoms with Crippen LogP contribution in [0.4, 0.5) is 4.39 Å². The molecule has 1 aromatic carbocycles. The van der Waals surface area contributed by atoms with Gasteiger partial charge >= 0.3 is 5.97 Å². The third kappa shape index (κ3) is 1.77. The minimum Gasteiger partial charge on any atom is -0.481 e. The standard InChI is InChI=1S/C11H11FN2O2/c12-7-2-1-3-9-11(7)6(5-14-9)8(13)4-10(15)16/h1-3,5,8,14H,4,13H2,(H,15,16)/t8-/m0/s1. The van der Waals surface area contributed by atoms with Crippen LogP contribution in [0.15, 0.2) is 24.4 Å². The normalized spacial score (nSPS) is 12.9. The molecule has 5 heteroatoms. The molecule has 0 aliphatic rings. The summed E-state index contributed by atoms with van der Waals surface area (Å²) in [5.41, 5.74) is 6.82. The molecule has 0 spiro atoms. The van der Waals surface area contributed by atoms with Gasteiger partial charge in [-0.15, -0.1) is 0 Å². The Labute approximate surface area is 90.9 Å². The maximum Gasteiger partial charge on any atom is 0.305 e. The van der Waals surface area contributed by atoms with Crippen LogP contribution in [-0.2, 0) is 4.79 Å². The molecular weight excluding hydrogens is 211 g/mol. The van der Waals surface area contributed by atoms with Gasteiger partial charge in [0.2, 0.25) is 0 Å². The van der Waals surface area contributed by atoms with Crippen molar-refractivity contribution < 1.29 is 14.3 Å². The molecule has 2 rings (SSSR count). The van der Waals surface area contributed by atoms with Crippen molar-refractivity contribution >= 4 is 16.9 Å². The van der Waals surface area contributed by atoms with Crippen molar-refractivity contribution in [2.45, 2.75) is 12.5 Å². The van der Waals surface area contributed by atoms with E-state index in [0.717, 1.165) is 0 Å². The Kier molecular flexibility index (Phi) is 2.62. The van der Waals surface area contributed by atoms with Crippen LogP contribution in [0, 0.1) is 5.82 Å². The number of aliphatic carboxylic acids is 1. The molecule has 84 valence electrons. The van der Waals surface area contributed by atoms with E-state index < -0.39 is 17.8 Å². The largest absolute Gasteiger partial charge is 0.481 e. The summed E-state index contributed by atoms with van der Waals surface area (Å²) in [6.07, 6.45) is 1.34. The van der Waals surface area contributed by atoms with Crippen LogP contribution in [0.3, 0.4) is 0 Å². The van der Waals surface area contributed by atoms with Crippen LogP contribution in [0.5, 0.6) is 0 Å². The lowest BCUT2D eigenvalue weighted by molar-refractivity contribution is -0.137. The number of fused-ring (bicyclic) bond motifs is 1. The second-order valence-corrected chi connectivity index (χ2v) is 3.61. The molecule has 1 aromatic heterocycles. The van der Waals surface area contributed by atoms with Crippen molar-refractivity contribution in [2.75, 3.05) is 0 Å². The van der Waals surface area contributed by atoms with Gasteiger partial charge < -0.3 is 15.8 Å². The Bertz CT molecular complexity index is 536. The fraction of sp³-hybridized carbons (Fsp3) is 0.182. The molecule has 0 unspecified atom stereocenters. The molecule has 0 aliphatic carbocycles. The first-order valence-electron chi connectivity index (χ1n) is 4.82. The molecular formula is C11H11FN2O2. The molecule has 0 aliphatic heterocycles. The lowest BCUT2D eigenvalue weighted by Gasteiger charge is -2.07. The summed E-state index contributed by atoms with van der Waals surface area (Å²) < 4.78 is 13.6. The van der Waals surface area contributed by atoms with E-state index in [1.807, 2.05) is 0 Å². The van der Waals surface area contributed by atoms with Gasteiger partial charge in [0, 0.05) is 23.1 Å². The maximum absolute atomic E-state index is 13.6. The number of halogens is 1. The predicted molar refractivity (Wildman–Crippen MR) is 57.4 cm³/mol. The smallest absolute Gasteiger partial charge is 0.305 e. The Morgan fingerprint density at radius 1 is 1.56 bits per heavy atom. The number of carbonyl (C=O) groups is 1. The monoisotopic (exact) mass is 222 g/mol. The summed E-state index contributed by atoms with van der Waals surface area (Å²) in [5, 5.41) is 9.01. The average Bonchev–Trinajstić information content (AvgIpc) is 2.61. The number of nitrogens with one attached hydrogen (secondary N) is 1. The number of hydrogen-bond donors (Lipinski definition) is 3. The lowest BCUT2D eigenvalue weighted by Crippen LogP contribution is -2.14. The van der Waals surface area contributed by atoms with Crippen LogP contribution >= 0.6 is 0 Å². The highest BCUT2D eigenvalue weighted by molar-refractivity contribution is 5.84. The number of nitrogens with two attached hydrogens (primary N) is 1. The zero-order valence-corrected chi connectivity index (χ0v) is 8.40. The summed E-state index contributed by atoms with van der Waals surface area (Å²) in [7, 11) is 0. The number of hydrogen-bond acceptors (Lipinski definition) is 2. The van der Waals surface area contributed by atoms with E-state index in [2.05, 4.69) is 4.98 Å². The van der Waals surface area contributed by atoms with Crippen molar-refractivity contribution in [3.63, 3.8) is 0 Å². The first-order chi connectivity index (χ1) is 7.59. The van der Waals surface area contributed by atoms with Crippen molar-refractivity contribution in [3.05, 3.63) is 35.8 Å². The fourth-order valence-electron chi connectivity index (χ4n) is 1.76. The first kappa shape index (κ1) is 10.6. The van der Waals surface area contributed by atoms with E-state index in [1.54, 1.807) is 18.3 Å². The molecule has 1 atom stereocenters. The van der Waals surface area contributed by atoms with Crippen LogP contribution < -0.4 is 5.73 Å². The summed E-state index contributed by atoms with van der Waals surface area (Å²) >= 11 is 0. The quantitative estimate of drug-likeness (QED) is 0.740. The number of carboxylic acid groups (broad SMARTS) is 1. The minimum absolute atomic E-state index is 0.221. The summed E-state index contributed by atoms with van der Waals surface area (Å²) in [5.74, 6) is -1.40. The van der Waals surface area contributed by atoms with Crippen molar-refractivity contribution in [1.29, 1.82) is 0 Å². The van der Waals surface area contributed by atoms with E-state index in [4.69, 9.17) is 10.8 Å². The van der Waals surface area contributed by atoms with Gasteiger partial charge in [-0.3, -0.25) is 4.79 Å². The summed E-state index contributed by atoms with van der Waals surface area (Å²) in [6, 6.07) is 3.92. The number of rotatable bonds is 3. The zero-order valence-electron chi connectivity index (χ0n) is 8.40. The van der Waals surface area contributed by atoms with E-state index in [0.29, 0.717) is 16.5 Å². The predicted octanol–water partition coefficient (Wildman–Crippen LogP) is 1.78. The maximum atomic E-state index is 13.6. The van der Waals surface area contributed by atoms with Crippen LogP contribution in [0.1, 0.15) is 18.0 Å². The van der Waals surface area contributed by atoms with E-state index in [1.165, 1.54) is 6.07 Å². The highest BCUT2D eigenvalue weighted by atomic mass is 19.1. The van der Waals surface area contributed by atoms with Gasteiger partial charge in [-0.1, -0.05) is 6.07 Å². The Hall–Kier alpha value is -1.88. The SMILES string of the molecule is N[C@@H](CC(=O)O)c1c[nH]c2cccc(F)c12. The topological polar surface area (TPSA) is 79.1 Å². The van der Waals surface area contributed by atoms with Gasteiger partial charge in [0.1, 0.15) is 5.82 Å². The van der Waals surface area contributed by atoms with Gasteiger partial charge in [-0.05, 0) is 17.7 Å². The molecule has 1 heterocycles. The van der Waals surface area contributed by atoms with Crippen LogP contribution in [0.2, 0.25) is 0 Å². The van der Waals surface area contributed by atoms with Crippen molar-refractivity contribution in [2.24, 2.45) is 5.73 Å². The highest BCUT2D eigenvalue weighted by Crippen LogP contribution is 2.26. The second kappa shape index (κ2) is 3.94. The summed E-state index contributed by atoms with van der Waals surface area (Å²) in [4.78, 5) is 13.4. The average molecular weight is 222 g/mol. The van der Waals surface area contributed by atoms with Crippen molar-refractivity contribution in [1.82, 2.24) is 4.98 Å². The Morgan fingerprint density at radius 3 is 3.00 bits per heavy atom. The number of H-pyrrole nitrogens is 1. The molecule has 16 heavy (non-hydrogen) atoms. The number of benzene rings is 1. The van der Waals surface area contributed by atoms with Gasteiger partial charge in [0.25, 0.3) is 0 Å². The molecule has 0 amide bonds. The molecule has 4 nitrogen and oxygen atoms in total. The Morgan fingerprint density at radius 2 is 2.31 bits per heavy atom. The molecule has 0 bridgehead atoms. The zero-order chi connectivity index (χ0) is 11.7. The number of aromatic nitrogens is 1. The van der Waals surface area contributed by atoms with Gasteiger partial charge in [0.15, 0.2) is 0 Å². The third-order valence-corrected chi connectivity index (χ3v) is 2.48. The molecule has 0 saturated heterocycles. The van der Waals surface area contributed by atoms with Crippen molar-refractivity contribution in [3.8, 4) is 0 Å². The van der Waals surface area contributed by atoms with Crippen LogP contribution in [0.25, 0.3) is 10.9 Å². The van der Waals surface area contributed by atoms with Gasteiger partial charge in [0.05, 0.1) is 6.42 Å². The number of carboxylic acids is 1. The second-order valence-electron chi connectivity index (χ2n) is 3.61. The van der Waals surface area contributed by atoms with Gasteiger partial charge in [-0.2, -0.15) is 0 Å². The van der Waals surface area contributed by atoms with Gasteiger partial charge in [-0.25, -0.2) is 4.39 Å². The molecule has 2 aromatic rings. The lowest BCUT2D eigenvalue weighted by atomic mass is 10.0.